The fraction of sp³-hybridized carbons (Fsp3) is 0.867. The summed E-state index contributed by atoms with van der Waals surface area (Å²) >= 11 is 0. The molecular formula is C15H28N2O3. The van der Waals surface area contributed by atoms with Crippen LogP contribution in [0.2, 0.25) is 0 Å². The monoisotopic (exact) mass is 284 g/mol. The Morgan fingerprint density at radius 2 is 1.75 bits per heavy atom. The molecule has 0 aromatic heterocycles. The number of carboxylic acids is 1. The van der Waals surface area contributed by atoms with Gasteiger partial charge in [0, 0.05) is 19.1 Å². The van der Waals surface area contributed by atoms with Crippen LogP contribution in [0.15, 0.2) is 0 Å². The number of hydrogen-bond donors (Lipinski definition) is 1. The Bertz CT molecular complexity index is 357. The quantitative estimate of drug-likeness (QED) is 0.863. The first kappa shape index (κ1) is 16.8. The van der Waals surface area contributed by atoms with E-state index in [2.05, 4.69) is 20.8 Å². The van der Waals surface area contributed by atoms with Gasteiger partial charge in [0.1, 0.15) is 6.54 Å². The lowest BCUT2D eigenvalue weighted by Gasteiger charge is -2.39. The molecule has 0 aliphatic heterocycles. The van der Waals surface area contributed by atoms with Crippen molar-refractivity contribution in [2.75, 3.05) is 13.6 Å². The first-order valence-electron chi connectivity index (χ1n) is 7.39. The van der Waals surface area contributed by atoms with Gasteiger partial charge in [-0.05, 0) is 25.2 Å². The zero-order chi connectivity index (χ0) is 15.5. The van der Waals surface area contributed by atoms with Crippen LogP contribution in [0.25, 0.3) is 0 Å². The Labute approximate surface area is 121 Å². The Balaban J connectivity index is 2.84. The van der Waals surface area contributed by atoms with Gasteiger partial charge in [0.2, 0.25) is 0 Å². The van der Waals surface area contributed by atoms with Crippen molar-refractivity contribution >= 4 is 12.0 Å². The average Bonchev–Trinajstić information content (AvgIpc) is 2.85. The molecule has 0 spiro atoms. The predicted octanol–water partition coefficient (Wildman–Crippen LogP) is 2.80. The van der Waals surface area contributed by atoms with Crippen molar-refractivity contribution < 1.29 is 14.7 Å². The van der Waals surface area contributed by atoms with Crippen LogP contribution < -0.4 is 0 Å². The number of urea groups is 1. The normalized spacial score (nSPS) is 17.9. The van der Waals surface area contributed by atoms with E-state index >= 15 is 0 Å². The second kappa shape index (κ2) is 6.46. The first-order valence-corrected chi connectivity index (χ1v) is 7.39. The van der Waals surface area contributed by atoms with Gasteiger partial charge in [-0.2, -0.15) is 0 Å². The summed E-state index contributed by atoms with van der Waals surface area (Å²) in [5.74, 6) is -0.943. The smallest absolute Gasteiger partial charge is 0.323 e. The van der Waals surface area contributed by atoms with Crippen LogP contribution in [-0.4, -0.2) is 52.6 Å². The maximum Gasteiger partial charge on any atom is 0.323 e. The highest BCUT2D eigenvalue weighted by molar-refractivity contribution is 5.80. The summed E-state index contributed by atoms with van der Waals surface area (Å²) in [7, 11) is 1.77. The third-order valence-electron chi connectivity index (χ3n) is 4.45. The van der Waals surface area contributed by atoms with Crippen LogP contribution in [0.1, 0.15) is 53.4 Å². The van der Waals surface area contributed by atoms with Gasteiger partial charge >= 0.3 is 12.0 Å². The van der Waals surface area contributed by atoms with Crippen molar-refractivity contribution in [1.29, 1.82) is 0 Å². The van der Waals surface area contributed by atoms with Gasteiger partial charge in [-0.1, -0.05) is 33.6 Å². The molecule has 1 rings (SSSR count). The maximum absolute atomic E-state index is 12.6. The summed E-state index contributed by atoms with van der Waals surface area (Å²) in [6.45, 7) is 8.05. The highest BCUT2D eigenvalue weighted by Gasteiger charge is 2.34. The second-order valence-corrected chi connectivity index (χ2v) is 6.90. The lowest BCUT2D eigenvalue weighted by molar-refractivity contribution is -0.138. The summed E-state index contributed by atoms with van der Waals surface area (Å²) in [4.78, 5) is 26.9. The maximum atomic E-state index is 12.6. The molecule has 0 heterocycles. The molecule has 1 saturated carbocycles. The number of hydrogen-bond acceptors (Lipinski definition) is 2. The zero-order valence-electron chi connectivity index (χ0n) is 13.3. The van der Waals surface area contributed by atoms with Crippen molar-refractivity contribution in [3.8, 4) is 0 Å². The summed E-state index contributed by atoms with van der Waals surface area (Å²) in [5.41, 5.74) is -0.0328. The SMILES string of the molecule is CC(N(C)C(=O)N(CC(=O)O)C1CCCC1)C(C)(C)C. The Morgan fingerprint density at radius 3 is 2.15 bits per heavy atom. The van der Waals surface area contributed by atoms with E-state index in [0.29, 0.717) is 0 Å². The van der Waals surface area contributed by atoms with E-state index in [1.807, 2.05) is 6.92 Å². The zero-order valence-corrected chi connectivity index (χ0v) is 13.3. The number of carbonyl (C=O) groups excluding carboxylic acids is 1. The molecule has 0 saturated heterocycles. The molecule has 0 aromatic rings. The van der Waals surface area contributed by atoms with Crippen molar-refractivity contribution in [1.82, 2.24) is 9.80 Å². The molecule has 1 N–H and O–H groups in total. The van der Waals surface area contributed by atoms with Crippen molar-refractivity contribution in [3.63, 3.8) is 0 Å². The number of carboxylic acid groups (broad SMARTS) is 1. The molecular weight excluding hydrogens is 256 g/mol. The number of carbonyl (C=O) groups is 2. The topological polar surface area (TPSA) is 60.9 Å². The highest BCUT2D eigenvalue weighted by atomic mass is 16.4. The van der Waals surface area contributed by atoms with Gasteiger partial charge in [-0.25, -0.2) is 4.79 Å². The van der Waals surface area contributed by atoms with E-state index in [1.54, 1.807) is 11.9 Å². The number of rotatable bonds is 4. The van der Waals surface area contributed by atoms with E-state index in [0.717, 1.165) is 25.7 Å². The lowest BCUT2D eigenvalue weighted by atomic mass is 9.87. The largest absolute Gasteiger partial charge is 0.480 e. The fourth-order valence-electron chi connectivity index (χ4n) is 2.66. The second-order valence-electron chi connectivity index (χ2n) is 6.90. The van der Waals surface area contributed by atoms with Crippen LogP contribution >= 0.6 is 0 Å². The van der Waals surface area contributed by atoms with Gasteiger partial charge in [0.05, 0.1) is 0 Å². The van der Waals surface area contributed by atoms with Crippen LogP contribution in [0.3, 0.4) is 0 Å². The highest BCUT2D eigenvalue weighted by Crippen LogP contribution is 2.27. The average molecular weight is 284 g/mol. The summed E-state index contributed by atoms with van der Waals surface area (Å²) in [6.07, 6.45) is 3.98. The Kier molecular flexibility index (Phi) is 5.42. The van der Waals surface area contributed by atoms with Gasteiger partial charge in [-0.15, -0.1) is 0 Å². The number of amides is 2. The Hall–Kier alpha value is -1.26. The Morgan fingerprint density at radius 1 is 1.25 bits per heavy atom. The van der Waals surface area contributed by atoms with E-state index in [9.17, 15) is 9.59 Å². The van der Waals surface area contributed by atoms with Crippen molar-refractivity contribution in [2.45, 2.75) is 65.5 Å². The molecule has 1 atom stereocenters. The third-order valence-corrected chi connectivity index (χ3v) is 4.45. The third kappa shape index (κ3) is 4.12. The number of aliphatic carboxylic acids is 1. The molecule has 116 valence electrons. The molecule has 5 heteroatoms. The van der Waals surface area contributed by atoms with Gasteiger partial charge in [-0.3, -0.25) is 4.79 Å². The minimum Gasteiger partial charge on any atom is -0.480 e. The van der Waals surface area contributed by atoms with Gasteiger partial charge in [0.25, 0.3) is 0 Å². The first-order chi connectivity index (χ1) is 9.14. The molecule has 0 bridgehead atoms. The predicted molar refractivity (Wildman–Crippen MR) is 78.7 cm³/mol. The van der Waals surface area contributed by atoms with E-state index < -0.39 is 5.97 Å². The molecule has 2 amide bonds. The van der Waals surface area contributed by atoms with Crippen LogP contribution in [-0.2, 0) is 4.79 Å². The van der Waals surface area contributed by atoms with E-state index in [-0.39, 0.29) is 30.1 Å². The number of nitrogens with zero attached hydrogens (tertiary/aromatic N) is 2. The molecule has 1 unspecified atom stereocenters. The van der Waals surface area contributed by atoms with Gasteiger partial charge in [0.15, 0.2) is 0 Å². The molecule has 0 aromatic carbocycles. The summed E-state index contributed by atoms with van der Waals surface area (Å²) in [6, 6.07) is -0.0392. The molecule has 5 nitrogen and oxygen atoms in total. The minimum atomic E-state index is -0.943. The molecule has 1 fully saturated rings. The van der Waals surface area contributed by atoms with Gasteiger partial charge < -0.3 is 14.9 Å². The summed E-state index contributed by atoms with van der Waals surface area (Å²) in [5, 5.41) is 9.06. The summed E-state index contributed by atoms with van der Waals surface area (Å²) < 4.78 is 0. The van der Waals surface area contributed by atoms with Crippen molar-refractivity contribution in [2.24, 2.45) is 5.41 Å². The standard InChI is InChI=1S/C15H28N2O3/c1-11(15(2,3)4)16(5)14(20)17(10-13(18)19)12-8-6-7-9-12/h11-12H,6-10H2,1-5H3,(H,18,19). The van der Waals surface area contributed by atoms with Crippen LogP contribution in [0.5, 0.6) is 0 Å². The fourth-order valence-corrected chi connectivity index (χ4v) is 2.66. The van der Waals surface area contributed by atoms with E-state index in [1.165, 1.54) is 4.90 Å². The van der Waals surface area contributed by atoms with Crippen LogP contribution in [0, 0.1) is 5.41 Å². The molecule has 1 aliphatic carbocycles. The minimum absolute atomic E-state index is 0.0328. The van der Waals surface area contributed by atoms with Crippen LogP contribution in [0.4, 0.5) is 4.79 Å². The molecule has 0 radical (unpaired) electrons. The lowest BCUT2D eigenvalue weighted by Crippen LogP contribution is -2.53. The van der Waals surface area contributed by atoms with Crippen molar-refractivity contribution in [3.05, 3.63) is 0 Å². The molecule has 1 aliphatic rings. The van der Waals surface area contributed by atoms with E-state index in [4.69, 9.17) is 5.11 Å². The molecule has 20 heavy (non-hydrogen) atoms.